The molecule has 1 aliphatic carbocycles. The van der Waals surface area contributed by atoms with E-state index >= 15 is 0 Å². The van der Waals surface area contributed by atoms with Gasteiger partial charge in [0, 0.05) is 6.04 Å². The fourth-order valence-electron chi connectivity index (χ4n) is 1.40. The summed E-state index contributed by atoms with van der Waals surface area (Å²) in [5.74, 6) is 1.01. The second kappa shape index (κ2) is 5.55. The van der Waals surface area contributed by atoms with Crippen molar-refractivity contribution in [3.8, 4) is 0 Å². The number of rotatable bonds is 7. The van der Waals surface area contributed by atoms with Crippen LogP contribution in [0, 0.1) is 5.92 Å². The van der Waals surface area contributed by atoms with Gasteiger partial charge in [-0.15, -0.1) is 0 Å². The first-order chi connectivity index (χ1) is 5.83. The predicted molar refractivity (Wildman–Crippen MR) is 53.3 cm³/mol. The standard InChI is InChI=1S/C10H22N2/c1-3-12-9(2)6-7-11-8-10-4-5-10/h9-12H,3-8H2,1-2H3. The molecule has 0 aromatic heterocycles. The first-order valence-electron chi connectivity index (χ1n) is 5.27. The molecule has 0 amide bonds. The Labute approximate surface area is 76.1 Å². The van der Waals surface area contributed by atoms with E-state index in [1.807, 2.05) is 0 Å². The maximum Gasteiger partial charge on any atom is 0.00506 e. The van der Waals surface area contributed by atoms with Crippen LogP contribution in [0.1, 0.15) is 33.1 Å². The van der Waals surface area contributed by atoms with Crippen molar-refractivity contribution < 1.29 is 0 Å². The summed E-state index contributed by atoms with van der Waals surface area (Å²) in [5, 5.41) is 6.91. The highest BCUT2D eigenvalue weighted by molar-refractivity contribution is 4.75. The summed E-state index contributed by atoms with van der Waals surface area (Å²) in [6.07, 6.45) is 4.16. The van der Waals surface area contributed by atoms with E-state index in [1.54, 1.807) is 0 Å². The summed E-state index contributed by atoms with van der Waals surface area (Å²) < 4.78 is 0. The Kier molecular flexibility index (Phi) is 4.62. The molecule has 2 N–H and O–H groups in total. The van der Waals surface area contributed by atoms with Gasteiger partial charge in [-0.2, -0.15) is 0 Å². The number of hydrogen-bond donors (Lipinski definition) is 2. The van der Waals surface area contributed by atoms with Gasteiger partial charge in [0.15, 0.2) is 0 Å². The summed E-state index contributed by atoms with van der Waals surface area (Å²) in [6, 6.07) is 0.668. The Morgan fingerprint density at radius 3 is 2.75 bits per heavy atom. The van der Waals surface area contributed by atoms with Gasteiger partial charge < -0.3 is 10.6 Å². The van der Waals surface area contributed by atoms with Crippen LogP contribution in [0.25, 0.3) is 0 Å². The van der Waals surface area contributed by atoms with Gasteiger partial charge in [0.05, 0.1) is 0 Å². The zero-order valence-corrected chi connectivity index (χ0v) is 8.40. The highest BCUT2D eigenvalue weighted by Crippen LogP contribution is 2.27. The van der Waals surface area contributed by atoms with Crippen molar-refractivity contribution in [3.05, 3.63) is 0 Å². The smallest absolute Gasteiger partial charge is 0.00506 e. The van der Waals surface area contributed by atoms with Crippen LogP contribution in [0.2, 0.25) is 0 Å². The van der Waals surface area contributed by atoms with Crippen LogP contribution in [-0.4, -0.2) is 25.7 Å². The molecule has 0 radical (unpaired) electrons. The molecule has 2 nitrogen and oxygen atoms in total. The van der Waals surface area contributed by atoms with Crippen molar-refractivity contribution in [3.63, 3.8) is 0 Å². The van der Waals surface area contributed by atoms with Crippen LogP contribution >= 0.6 is 0 Å². The molecule has 0 bridgehead atoms. The van der Waals surface area contributed by atoms with Gasteiger partial charge in [0.25, 0.3) is 0 Å². The zero-order valence-electron chi connectivity index (χ0n) is 8.40. The highest BCUT2D eigenvalue weighted by atomic mass is 14.9. The lowest BCUT2D eigenvalue weighted by molar-refractivity contribution is 0.499. The summed E-state index contributed by atoms with van der Waals surface area (Å²) >= 11 is 0. The lowest BCUT2D eigenvalue weighted by Gasteiger charge is -2.12. The first kappa shape index (κ1) is 10.0. The summed E-state index contributed by atoms with van der Waals surface area (Å²) in [5.41, 5.74) is 0. The molecule has 0 aliphatic heterocycles. The van der Waals surface area contributed by atoms with Crippen LogP contribution in [0.15, 0.2) is 0 Å². The largest absolute Gasteiger partial charge is 0.316 e. The van der Waals surface area contributed by atoms with Gasteiger partial charge in [0.1, 0.15) is 0 Å². The van der Waals surface area contributed by atoms with Gasteiger partial charge in [-0.05, 0) is 51.7 Å². The van der Waals surface area contributed by atoms with Crippen molar-refractivity contribution in [1.82, 2.24) is 10.6 Å². The Hall–Kier alpha value is -0.0800. The van der Waals surface area contributed by atoms with E-state index in [9.17, 15) is 0 Å². The van der Waals surface area contributed by atoms with E-state index in [0.29, 0.717) is 6.04 Å². The van der Waals surface area contributed by atoms with E-state index in [-0.39, 0.29) is 0 Å². The lowest BCUT2D eigenvalue weighted by atomic mass is 10.2. The Balaban J connectivity index is 1.80. The monoisotopic (exact) mass is 170 g/mol. The molecule has 0 heterocycles. The van der Waals surface area contributed by atoms with Crippen LogP contribution in [0.4, 0.5) is 0 Å². The quantitative estimate of drug-likeness (QED) is 0.564. The van der Waals surface area contributed by atoms with Gasteiger partial charge in [-0.3, -0.25) is 0 Å². The molecule has 12 heavy (non-hydrogen) atoms. The minimum Gasteiger partial charge on any atom is -0.316 e. The normalized spacial score (nSPS) is 19.5. The molecule has 1 rings (SSSR count). The molecule has 0 spiro atoms. The van der Waals surface area contributed by atoms with Crippen LogP contribution in [0.3, 0.4) is 0 Å². The van der Waals surface area contributed by atoms with E-state index in [0.717, 1.165) is 12.5 Å². The molecule has 0 aromatic carbocycles. The third-order valence-corrected chi connectivity index (χ3v) is 2.44. The molecule has 1 aliphatic rings. The van der Waals surface area contributed by atoms with Crippen molar-refractivity contribution >= 4 is 0 Å². The second-order valence-corrected chi connectivity index (χ2v) is 3.89. The van der Waals surface area contributed by atoms with Crippen molar-refractivity contribution in [1.29, 1.82) is 0 Å². The van der Waals surface area contributed by atoms with Crippen molar-refractivity contribution in [2.75, 3.05) is 19.6 Å². The number of nitrogens with one attached hydrogen (secondary N) is 2. The molecular formula is C10H22N2. The Morgan fingerprint density at radius 2 is 2.17 bits per heavy atom. The maximum absolute atomic E-state index is 3.50. The second-order valence-electron chi connectivity index (χ2n) is 3.89. The van der Waals surface area contributed by atoms with Crippen LogP contribution < -0.4 is 10.6 Å². The molecule has 1 atom stereocenters. The van der Waals surface area contributed by atoms with Gasteiger partial charge >= 0.3 is 0 Å². The van der Waals surface area contributed by atoms with Gasteiger partial charge in [-0.1, -0.05) is 6.92 Å². The van der Waals surface area contributed by atoms with E-state index in [1.165, 1.54) is 32.4 Å². The molecule has 72 valence electrons. The number of hydrogen-bond acceptors (Lipinski definition) is 2. The molecular weight excluding hydrogens is 148 g/mol. The van der Waals surface area contributed by atoms with E-state index in [2.05, 4.69) is 24.5 Å². The Bertz CT molecular complexity index is 110. The summed E-state index contributed by atoms with van der Waals surface area (Å²) in [4.78, 5) is 0. The average molecular weight is 170 g/mol. The van der Waals surface area contributed by atoms with Crippen molar-refractivity contribution in [2.45, 2.75) is 39.2 Å². The maximum atomic E-state index is 3.50. The van der Waals surface area contributed by atoms with Crippen LogP contribution in [0.5, 0.6) is 0 Å². The third-order valence-electron chi connectivity index (χ3n) is 2.44. The molecule has 1 unspecified atom stereocenters. The van der Waals surface area contributed by atoms with Gasteiger partial charge in [0.2, 0.25) is 0 Å². The van der Waals surface area contributed by atoms with E-state index in [4.69, 9.17) is 0 Å². The zero-order chi connectivity index (χ0) is 8.81. The topological polar surface area (TPSA) is 24.1 Å². The summed E-state index contributed by atoms with van der Waals surface area (Å²) in [6.45, 7) is 7.92. The van der Waals surface area contributed by atoms with Crippen molar-refractivity contribution in [2.24, 2.45) is 5.92 Å². The lowest BCUT2D eigenvalue weighted by Crippen LogP contribution is -2.30. The Morgan fingerprint density at radius 1 is 1.42 bits per heavy atom. The van der Waals surface area contributed by atoms with Crippen LogP contribution in [-0.2, 0) is 0 Å². The average Bonchev–Trinajstić information content (AvgIpc) is 2.82. The fourth-order valence-corrected chi connectivity index (χ4v) is 1.40. The minimum atomic E-state index is 0.668. The predicted octanol–water partition coefficient (Wildman–Crippen LogP) is 1.37. The molecule has 0 saturated heterocycles. The van der Waals surface area contributed by atoms with Gasteiger partial charge in [-0.25, -0.2) is 0 Å². The molecule has 1 fully saturated rings. The molecule has 0 aromatic rings. The molecule has 2 heteroatoms. The fraction of sp³-hybridized carbons (Fsp3) is 1.00. The van der Waals surface area contributed by atoms with E-state index < -0.39 is 0 Å². The third kappa shape index (κ3) is 4.73. The first-order valence-corrected chi connectivity index (χ1v) is 5.27. The SMILES string of the molecule is CCNC(C)CCNCC1CC1. The minimum absolute atomic E-state index is 0.668. The molecule has 1 saturated carbocycles. The summed E-state index contributed by atoms with van der Waals surface area (Å²) in [7, 11) is 0. The highest BCUT2D eigenvalue weighted by Gasteiger charge is 2.19.